The van der Waals surface area contributed by atoms with Crippen molar-refractivity contribution >= 4 is 0 Å². The molecule has 1 heteroatoms. The van der Waals surface area contributed by atoms with E-state index in [2.05, 4.69) is 6.58 Å². The number of allylic oxidation sites excluding steroid dienone is 3. The van der Waals surface area contributed by atoms with Gasteiger partial charge in [-0.15, -0.1) is 0 Å². The predicted octanol–water partition coefficient (Wildman–Crippen LogP) is 1.42. The molecule has 0 aromatic rings. The van der Waals surface area contributed by atoms with E-state index in [1.165, 1.54) is 0 Å². The predicted molar refractivity (Wildman–Crippen MR) is 38.0 cm³/mol. The molecule has 1 aliphatic carbocycles. The highest BCUT2D eigenvalue weighted by Crippen LogP contribution is 2.14. The van der Waals surface area contributed by atoms with E-state index in [0.717, 1.165) is 11.1 Å². The molecule has 1 N–H and O–H groups in total. The molecule has 1 atom stereocenters. The second-order valence-corrected chi connectivity index (χ2v) is 2.22. The van der Waals surface area contributed by atoms with Gasteiger partial charge >= 0.3 is 0 Å². The number of rotatable bonds is 0. The lowest BCUT2D eigenvalue weighted by Crippen LogP contribution is -2.02. The lowest BCUT2D eigenvalue weighted by Gasteiger charge is -2.08. The van der Waals surface area contributed by atoms with E-state index < -0.39 is 6.10 Å². The monoisotopic (exact) mass is 122 g/mol. The van der Waals surface area contributed by atoms with Crippen LogP contribution in [0.3, 0.4) is 0 Å². The average Bonchev–Trinajstić information content (AvgIpc) is 1.80. The maximum atomic E-state index is 8.99. The van der Waals surface area contributed by atoms with Gasteiger partial charge in [0.1, 0.15) is 0 Å². The van der Waals surface area contributed by atoms with Crippen LogP contribution < -0.4 is 0 Å². The summed E-state index contributed by atoms with van der Waals surface area (Å²) < 4.78 is 0. The van der Waals surface area contributed by atoms with Crippen LogP contribution in [-0.2, 0) is 0 Å². The van der Waals surface area contributed by atoms with E-state index in [0.29, 0.717) is 0 Å². The Morgan fingerprint density at radius 3 is 2.78 bits per heavy atom. The number of hydrogen-bond donors (Lipinski definition) is 1. The molecule has 0 heterocycles. The third-order valence-electron chi connectivity index (χ3n) is 1.42. The first-order valence-corrected chi connectivity index (χ1v) is 2.94. The molecule has 1 unspecified atom stereocenters. The van der Waals surface area contributed by atoms with Crippen LogP contribution in [0.5, 0.6) is 0 Å². The first kappa shape index (κ1) is 6.30. The third-order valence-corrected chi connectivity index (χ3v) is 1.42. The van der Waals surface area contributed by atoms with Crippen molar-refractivity contribution in [3.63, 3.8) is 0 Å². The summed E-state index contributed by atoms with van der Waals surface area (Å²) in [5, 5.41) is 8.99. The largest absolute Gasteiger partial charge is 0.385 e. The zero-order valence-electron chi connectivity index (χ0n) is 5.46. The Hall–Kier alpha value is -0.820. The van der Waals surface area contributed by atoms with Gasteiger partial charge in [0.15, 0.2) is 0 Å². The molecule has 0 saturated heterocycles. The smallest absolute Gasteiger partial charge is 0.0911 e. The Bertz CT molecular complexity index is 187. The molecule has 0 saturated carbocycles. The first-order chi connectivity index (χ1) is 4.20. The summed E-state index contributed by atoms with van der Waals surface area (Å²) in [5.41, 5.74) is 2.05. The van der Waals surface area contributed by atoms with E-state index in [9.17, 15) is 0 Å². The number of aliphatic hydroxyl groups is 1. The van der Waals surface area contributed by atoms with Crippen LogP contribution in [0.1, 0.15) is 6.92 Å². The lowest BCUT2D eigenvalue weighted by molar-refractivity contribution is 0.270. The molecule has 0 aromatic carbocycles. The normalized spacial score (nSPS) is 26.2. The van der Waals surface area contributed by atoms with Gasteiger partial charge in [0.05, 0.1) is 6.10 Å². The second kappa shape index (κ2) is 2.19. The molecule has 1 aliphatic rings. The van der Waals surface area contributed by atoms with Gasteiger partial charge < -0.3 is 5.11 Å². The fourth-order valence-corrected chi connectivity index (χ4v) is 0.765. The van der Waals surface area contributed by atoms with Crippen molar-refractivity contribution in [3.05, 3.63) is 36.0 Å². The summed E-state index contributed by atoms with van der Waals surface area (Å²) in [7, 11) is 0. The SMILES string of the molecule is C=C1C=CC(O)C=C1C. The molecule has 0 spiro atoms. The fraction of sp³-hybridized carbons (Fsp3) is 0.250. The topological polar surface area (TPSA) is 20.2 Å². The molecule has 48 valence electrons. The van der Waals surface area contributed by atoms with Gasteiger partial charge in [-0.3, -0.25) is 0 Å². The molecular formula is C8H10O. The van der Waals surface area contributed by atoms with Crippen molar-refractivity contribution in [2.75, 3.05) is 0 Å². The highest BCUT2D eigenvalue weighted by atomic mass is 16.3. The maximum absolute atomic E-state index is 8.99. The summed E-state index contributed by atoms with van der Waals surface area (Å²) in [4.78, 5) is 0. The van der Waals surface area contributed by atoms with Crippen LogP contribution in [0.25, 0.3) is 0 Å². The van der Waals surface area contributed by atoms with Gasteiger partial charge in [-0.1, -0.05) is 18.7 Å². The molecule has 0 bridgehead atoms. The van der Waals surface area contributed by atoms with E-state index in [1.807, 2.05) is 13.0 Å². The van der Waals surface area contributed by atoms with Crippen molar-refractivity contribution in [1.82, 2.24) is 0 Å². The Morgan fingerprint density at radius 1 is 1.67 bits per heavy atom. The third kappa shape index (κ3) is 1.30. The molecule has 1 nitrogen and oxygen atoms in total. The Balaban J connectivity index is 2.82. The van der Waals surface area contributed by atoms with Crippen molar-refractivity contribution in [2.24, 2.45) is 0 Å². The Morgan fingerprint density at radius 2 is 2.33 bits per heavy atom. The molecule has 9 heavy (non-hydrogen) atoms. The Kier molecular flexibility index (Phi) is 1.54. The Labute approximate surface area is 55.0 Å². The van der Waals surface area contributed by atoms with Crippen molar-refractivity contribution in [1.29, 1.82) is 0 Å². The summed E-state index contributed by atoms with van der Waals surface area (Å²) >= 11 is 0. The van der Waals surface area contributed by atoms with Gasteiger partial charge in [0.25, 0.3) is 0 Å². The molecule has 0 radical (unpaired) electrons. The molecule has 1 rings (SSSR count). The van der Waals surface area contributed by atoms with E-state index >= 15 is 0 Å². The van der Waals surface area contributed by atoms with Crippen LogP contribution in [-0.4, -0.2) is 11.2 Å². The molecule has 0 amide bonds. The first-order valence-electron chi connectivity index (χ1n) is 2.94. The van der Waals surface area contributed by atoms with Gasteiger partial charge in [-0.25, -0.2) is 0 Å². The van der Waals surface area contributed by atoms with Crippen LogP contribution in [0.15, 0.2) is 36.0 Å². The number of aliphatic hydroxyl groups excluding tert-OH is 1. The lowest BCUT2D eigenvalue weighted by atomic mass is 10.0. The molecule has 0 aromatic heterocycles. The fourth-order valence-electron chi connectivity index (χ4n) is 0.765. The van der Waals surface area contributed by atoms with Gasteiger partial charge in [-0.05, 0) is 24.1 Å². The minimum Gasteiger partial charge on any atom is -0.385 e. The van der Waals surface area contributed by atoms with E-state index in [4.69, 9.17) is 5.11 Å². The maximum Gasteiger partial charge on any atom is 0.0911 e. The molecule has 0 aliphatic heterocycles. The molecular weight excluding hydrogens is 112 g/mol. The van der Waals surface area contributed by atoms with Crippen LogP contribution in [0, 0.1) is 0 Å². The summed E-state index contributed by atoms with van der Waals surface area (Å²) in [6, 6.07) is 0. The van der Waals surface area contributed by atoms with Crippen LogP contribution in [0.2, 0.25) is 0 Å². The second-order valence-electron chi connectivity index (χ2n) is 2.22. The minimum atomic E-state index is -0.407. The molecule has 0 fully saturated rings. The summed E-state index contributed by atoms with van der Waals surface area (Å²) in [5.74, 6) is 0. The summed E-state index contributed by atoms with van der Waals surface area (Å²) in [6.07, 6.45) is 4.92. The van der Waals surface area contributed by atoms with Crippen LogP contribution in [0.4, 0.5) is 0 Å². The minimum absolute atomic E-state index is 0.407. The van der Waals surface area contributed by atoms with Crippen molar-refractivity contribution < 1.29 is 5.11 Å². The van der Waals surface area contributed by atoms with Gasteiger partial charge in [0.2, 0.25) is 0 Å². The zero-order valence-corrected chi connectivity index (χ0v) is 5.46. The quantitative estimate of drug-likeness (QED) is 0.515. The highest BCUT2D eigenvalue weighted by Gasteiger charge is 2.02. The standard InChI is InChI=1S/C8H10O/c1-6-3-4-8(9)5-7(6)2/h3-5,8-9H,1H2,2H3. The van der Waals surface area contributed by atoms with Crippen LogP contribution >= 0.6 is 0 Å². The van der Waals surface area contributed by atoms with Crippen molar-refractivity contribution in [2.45, 2.75) is 13.0 Å². The van der Waals surface area contributed by atoms with Gasteiger partial charge in [0, 0.05) is 0 Å². The van der Waals surface area contributed by atoms with E-state index in [1.54, 1.807) is 12.2 Å². The average molecular weight is 122 g/mol. The zero-order chi connectivity index (χ0) is 6.85. The van der Waals surface area contributed by atoms with E-state index in [-0.39, 0.29) is 0 Å². The summed E-state index contributed by atoms with van der Waals surface area (Å²) in [6.45, 7) is 5.70. The van der Waals surface area contributed by atoms with Gasteiger partial charge in [-0.2, -0.15) is 0 Å². The van der Waals surface area contributed by atoms with Crippen molar-refractivity contribution in [3.8, 4) is 0 Å². The highest BCUT2D eigenvalue weighted by molar-refractivity contribution is 5.41. The number of hydrogen-bond acceptors (Lipinski definition) is 1.